The molecule has 0 aromatic carbocycles. The number of hydrogen-bond donors (Lipinski definition) is 1. The standard InChI is InChI=1S/C10H14O2/c11-8-5-7-3-1-2-4-9(7)10(12)6-8/h6-7,9,12H,1-5H2. The van der Waals surface area contributed by atoms with E-state index in [0.717, 1.165) is 12.8 Å². The van der Waals surface area contributed by atoms with Crippen LogP contribution in [0, 0.1) is 11.8 Å². The smallest absolute Gasteiger partial charge is 0.159 e. The molecule has 2 aliphatic rings. The second-order valence-electron chi connectivity index (χ2n) is 3.89. The van der Waals surface area contributed by atoms with Crippen molar-refractivity contribution in [3.8, 4) is 0 Å². The topological polar surface area (TPSA) is 37.3 Å². The van der Waals surface area contributed by atoms with Gasteiger partial charge in [-0.25, -0.2) is 0 Å². The summed E-state index contributed by atoms with van der Waals surface area (Å²) in [5.41, 5.74) is 0. The van der Waals surface area contributed by atoms with Crippen molar-refractivity contribution in [3.63, 3.8) is 0 Å². The molecule has 1 saturated carbocycles. The van der Waals surface area contributed by atoms with Crippen LogP contribution < -0.4 is 0 Å². The third-order valence-electron chi connectivity index (χ3n) is 3.06. The third-order valence-corrected chi connectivity index (χ3v) is 3.06. The summed E-state index contributed by atoms with van der Waals surface area (Å²) < 4.78 is 0. The highest BCUT2D eigenvalue weighted by Gasteiger charge is 2.32. The van der Waals surface area contributed by atoms with Gasteiger partial charge in [0, 0.05) is 18.4 Å². The fourth-order valence-corrected chi connectivity index (χ4v) is 2.43. The van der Waals surface area contributed by atoms with Crippen LogP contribution in [-0.4, -0.2) is 10.9 Å². The van der Waals surface area contributed by atoms with Crippen molar-refractivity contribution in [2.24, 2.45) is 11.8 Å². The molecular formula is C10H14O2. The van der Waals surface area contributed by atoms with Crippen LogP contribution in [-0.2, 0) is 4.79 Å². The lowest BCUT2D eigenvalue weighted by atomic mass is 9.73. The van der Waals surface area contributed by atoms with Crippen LogP contribution in [0.1, 0.15) is 32.1 Å². The molecule has 2 heteroatoms. The van der Waals surface area contributed by atoms with E-state index in [-0.39, 0.29) is 5.78 Å². The zero-order chi connectivity index (χ0) is 8.55. The molecule has 66 valence electrons. The van der Waals surface area contributed by atoms with Gasteiger partial charge in [-0.3, -0.25) is 4.79 Å². The molecule has 2 unspecified atom stereocenters. The first-order valence-corrected chi connectivity index (χ1v) is 4.71. The summed E-state index contributed by atoms with van der Waals surface area (Å²) in [7, 11) is 0. The molecule has 0 heterocycles. The maximum Gasteiger partial charge on any atom is 0.159 e. The first-order valence-electron chi connectivity index (χ1n) is 4.71. The predicted molar refractivity (Wildman–Crippen MR) is 45.8 cm³/mol. The molecule has 0 radical (unpaired) electrons. The molecule has 0 aliphatic heterocycles. The number of aliphatic hydroxyl groups is 1. The molecule has 0 aromatic rings. The fourth-order valence-electron chi connectivity index (χ4n) is 2.43. The van der Waals surface area contributed by atoms with Gasteiger partial charge in [-0.05, 0) is 18.8 Å². The first-order chi connectivity index (χ1) is 5.77. The van der Waals surface area contributed by atoms with Gasteiger partial charge in [0.05, 0.1) is 5.76 Å². The predicted octanol–water partition coefficient (Wildman–Crippen LogP) is 2.21. The van der Waals surface area contributed by atoms with Crippen molar-refractivity contribution in [2.45, 2.75) is 32.1 Å². The van der Waals surface area contributed by atoms with Crippen LogP contribution in [0.5, 0.6) is 0 Å². The van der Waals surface area contributed by atoms with E-state index in [2.05, 4.69) is 0 Å². The molecule has 2 atom stereocenters. The van der Waals surface area contributed by atoms with Gasteiger partial charge in [-0.2, -0.15) is 0 Å². The molecule has 0 spiro atoms. The van der Waals surface area contributed by atoms with E-state index in [1.54, 1.807) is 0 Å². The largest absolute Gasteiger partial charge is 0.512 e. The minimum Gasteiger partial charge on any atom is -0.512 e. The normalized spacial score (nSPS) is 35.7. The summed E-state index contributed by atoms with van der Waals surface area (Å²) in [6.45, 7) is 0. The van der Waals surface area contributed by atoms with Crippen molar-refractivity contribution in [1.82, 2.24) is 0 Å². The lowest BCUT2D eigenvalue weighted by Gasteiger charge is -2.32. The minimum atomic E-state index is 0.107. The Labute approximate surface area is 72.3 Å². The Kier molecular flexibility index (Phi) is 1.91. The van der Waals surface area contributed by atoms with E-state index >= 15 is 0 Å². The number of rotatable bonds is 0. The van der Waals surface area contributed by atoms with Gasteiger partial charge in [-0.1, -0.05) is 12.8 Å². The molecule has 1 N–H and O–H groups in total. The number of carbonyl (C=O) groups is 1. The maximum atomic E-state index is 11.1. The Bertz CT molecular complexity index is 230. The van der Waals surface area contributed by atoms with Crippen molar-refractivity contribution in [2.75, 3.05) is 0 Å². The Hall–Kier alpha value is -0.790. The van der Waals surface area contributed by atoms with Gasteiger partial charge in [0.15, 0.2) is 5.78 Å². The number of fused-ring (bicyclic) bond motifs is 1. The van der Waals surface area contributed by atoms with Crippen molar-refractivity contribution in [1.29, 1.82) is 0 Å². The van der Waals surface area contributed by atoms with E-state index in [4.69, 9.17) is 0 Å². The summed E-state index contributed by atoms with van der Waals surface area (Å²) in [5.74, 6) is 1.19. The number of allylic oxidation sites excluding steroid dienone is 2. The zero-order valence-corrected chi connectivity index (χ0v) is 7.12. The van der Waals surface area contributed by atoms with Gasteiger partial charge in [0.2, 0.25) is 0 Å². The fraction of sp³-hybridized carbons (Fsp3) is 0.700. The summed E-state index contributed by atoms with van der Waals surface area (Å²) in [6.07, 6.45) is 6.70. The monoisotopic (exact) mass is 166 g/mol. The quantitative estimate of drug-likeness (QED) is 0.599. The Morgan fingerprint density at radius 1 is 1.33 bits per heavy atom. The highest BCUT2D eigenvalue weighted by molar-refractivity contribution is 5.91. The Balaban J connectivity index is 2.19. The van der Waals surface area contributed by atoms with Crippen molar-refractivity contribution in [3.05, 3.63) is 11.8 Å². The van der Waals surface area contributed by atoms with Crippen LogP contribution in [0.15, 0.2) is 11.8 Å². The first kappa shape index (κ1) is 7.84. The molecule has 0 amide bonds. The average Bonchev–Trinajstić information content (AvgIpc) is 2.04. The molecule has 1 fully saturated rings. The summed E-state index contributed by atoms with van der Waals surface area (Å²) in [6, 6.07) is 0. The highest BCUT2D eigenvalue weighted by atomic mass is 16.3. The Morgan fingerprint density at radius 3 is 2.92 bits per heavy atom. The van der Waals surface area contributed by atoms with E-state index in [1.807, 2.05) is 0 Å². The lowest BCUT2D eigenvalue weighted by molar-refractivity contribution is -0.117. The van der Waals surface area contributed by atoms with Crippen LogP contribution in [0.4, 0.5) is 0 Å². The maximum absolute atomic E-state index is 11.1. The SMILES string of the molecule is O=C1C=C(O)C2CCCCC2C1. The van der Waals surface area contributed by atoms with Crippen LogP contribution >= 0.6 is 0 Å². The molecule has 2 rings (SSSR count). The molecule has 0 saturated heterocycles. The molecule has 0 aromatic heterocycles. The van der Waals surface area contributed by atoms with Gasteiger partial charge in [0.25, 0.3) is 0 Å². The Morgan fingerprint density at radius 2 is 2.08 bits per heavy atom. The highest BCUT2D eigenvalue weighted by Crippen LogP contribution is 2.38. The third kappa shape index (κ3) is 1.26. The summed E-state index contributed by atoms with van der Waals surface area (Å²) in [5, 5.41) is 9.52. The minimum absolute atomic E-state index is 0.107. The van der Waals surface area contributed by atoms with Crippen molar-refractivity contribution >= 4 is 5.78 Å². The average molecular weight is 166 g/mol. The molecule has 2 aliphatic carbocycles. The van der Waals surface area contributed by atoms with E-state index in [9.17, 15) is 9.90 Å². The van der Waals surface area contributed by atoms with Gasteiger partial charge in [-0.15, -0.1) is 0 Å². The van der Waals surface area contributed by atoms with Gasteiger partial charge in [0.1, 0.15) is 0 Å². The second-order valence-corrected chi connectivity index (χ2v) is 3.89. The van der Waals surface area contributed by atoms with Gasteiger partial charge < -0.3 is 5.11 Å². The van der Waals surface area contributed by atoms with Gasteiger partial charge >= 0.3 is 0 Å². The molecular weight excluding hydrogens is 152 g/mol. The number of ketones is 1. The second kappa shape index (κ2) is 2.92. The molecule has 0 bridgehead atoms. The van der Waals surface area contributed by atoms with E-state index in [0.29, 0.717) is 24.0 Å². The summed E-state index contributed by atoms with van der Waals surface area (Å²) in [4.78, 5) is 11.1. The molecule has 2 nitrogen and oxygen atoms in total. The number of carbonyl (C=O) groups excluding carboxylic acids is 1. The lowest BCUT2D eigenvalue weighted by Crippen LogP contribution is -2.27. The van der Waals surface area contributed by atoms with Crippen molar-refractivity contribution < 1.29 is 9.90 Å². The summed E-state index contributed by atoms with van der Waals surface area (Å²) >= 11 is 0. The molecule has 12 heavy (non-hydrogen) atoms. The number of hydrogen-bond acceptors (Lipinski definition) is 2. The van der Waals surface area contributed by atoms with Crippen LogP contribution in [0.25, 0.3) is 0 Å². The van der Waals surface area contributed by atoms with Crippen LogP contribution in [0.2, 0.25) is 0 Å². The van der Waals surface area contributed by atoms with E-state index < -0.39 is 0 Å². The number of aliphatic hydroxyl groups excluding tert-OH is 1. The van der Waals surface area contributed by atoms with Crippen LogP contribution in [0.3, 0.4) is 0 Å². The zero-order valence-electron chi connectivity index (χ0n) is 7.12. The van der Waals surface area contributed by atoms with E-state index in [1.165, 1.54) is 18.9 Å².